The van der Waals surface area contributed by atoms with E-state index in [-0.39, 0.29) is 5.60 Å². The van der Waals surface area contributed by atoms with Gasteiger partial charge in [0.15, 0.2) is 0 Å². The number of pyridine rings is 1. The number of ether oxygens (including phenoxy) is 2. The minimum atomic E-state index is -0.180. The van der Waals surface area contributed by atoms with Gasteiger partial charge in [-0.15, -0.1) is 11.3 Å². The van der Waals surface area contributed by atoms with Crippen molar-refractivity contribution in [2.45, 2.75) is 52.2 Å². The maximum absolute atomic E-state index is 6.07. The van der Waals surface area contributed by atoms with Crippen LogP contribution in [0, 0.1) is 0 Å². The van der Waals surface area contributed by atoms with Crippen LogP contribution in [0.15, 0.2) is 6.33 Å². The molecule has 1 aliphatic rings. The van der Waals surface area contributed by atoms with Gasteiger partial charge in [-0.2, -0.15) is 0 Å². The van der Waals surface area contributed by atoms with Crippen molar-refractivity contribution >= 4 is 31.8 Å². The second-order valence-corrected chi connectivity index (χ2v) is 8.18. The van der Waals surface area contributed by atoms with Crippen molar-refractivity contribution < 1.29 is 9.47 Å². The molecular weight excluding hydrogens is 322 g/mol. The van der Waals surface area contributed by atoms with E-state index in [1.54, 1.807) is 24.8 Å². The number of hydrogen-bond donors (Lipinski definition) is 0. The summed E-state index contributed by atoms with van der Waals surface area (Å²) in [7, 11) is 1.64. The molecule has 0 N–H and O–H groups in total. The van der Waals surface area contributed by atoms with Crippen LogP contribution in [-0.4, -0.2) is 27.7 Å². The normalized spacial score (nSPS) is 16.8. The molecular formula is C18H21N3O2S. The predicted molar refractivity (Wildman–Crippen MR) is 95.9 cm³/mol. The number of hydrogen-bond acceptors (Lipinski definition) is 6. The molecule has 0 bridgehead atoms. The minimum absolute atomic E-state index is 0.180. The van der Waals surface area contributed by atoms with Crippen molar-refractivity contribution in [1.29, 1.82) is 0 Å². The van der Waals surface area contributed by atoms with Crippen LogP contribution in [0.2, 0.25) is 0 Å². The first-order valence-electron chi connectivity index (χ1n) is 8.18. The van der Waals surface area contributed by atoms with E-state index >= 15 is 0 Å². The SMILES string of the molecule is COc1ncnc2c1sc1nc(C(C)C)c3c(c12)CC(C)(C)OC3. The van der Waals surface area contributed by atoms with Crippen molar-refractivity contribution in [3.8, 4) is 5.88 Å². The average Bonchev–Trinajstić information content (AvgIpc) is 2.91. The Bertz CT molecular complexity index is 946. The van der Waals surface area contributed by atoms with E-state index in [9.17, 15) is 0 Å². The van der Waals surface area contributed by atoms with Crippen molar-refractivity contribution in [1.82, 2.24) is 15.0 Å². The maximum atomic E-state index is 6.07. The molecule has 3 aromatic rings. The molecule has 24 heavy (non-hydrogen) atoms. The number of rotatable bonds is 2. The van der Waals surface area contributed by atoms with Crippen molar-refractivity contribution in [2.75, 3.05) is 7.11 Å². The summed E-state index contributed by atoms with van der Waals surface area (Å²) in [5, 5.41) is 1.14. The second-order valence-electron chi connectivity index (χ2n) is 7.18. The van der Waals surface area contributed by atoms with Crippen LogP contribution in [0.5, 0.6) is 5.88 Å². The zero-order valence-corrected chi connectivity index (χ0v) is 15.5. The van der Waals surface area contributed by atoms with Gasteiger partial charge in [0.1, 0.15) is 15.9 Å². The summed E-state index contributed by atoms with van der Waals surface area (Å²) in [6.07, 6.45) is 2.43. The van der Waals surface area contributed by atoms with Gasteiger partial charge < -0.3 is 9.47 Å². The highest BCUT2D eigenvalue weighted by Gasteiger charge is 2.32. The molecule has 0 saturated carbocycles. The first-order chi connectivity index (χ1) is 11.4. The first-order valence-corrected chi connectivity index (χ1v) is 8.99. The lowest BCUT2D eigenvalue weighted by Gasteiger charge is -2.33. The van der Waals surface area contributed by atoms with Crippen molar-refractivity contribution in [2.24, 2.45) is 0 Å². The van der Waals surface area contributed by atoms with Gasteiger partial charge in [0, 0.05) is 17.4 Å². The van der Waals surface area contributed by atoms with Crippen LogP contribution in [0.25, 0.3) is 20.4 Å². The van der Waals surface area contributed by atoms with E-state index in [1.165, 1.54) is 11.1 Å². The lowest BCUT2D eigenvalue weighted by Crippen LogP contribution is -2.32. The van der Waals surface area contributed by atoms with Gasteiger partial charge in [-0.25, -0.2) is 15.0 Å². The summed E-state index contributed by atoms with van der Waals surface area (Å²) < 4.78 is 12.5. The zero-order valence-electron chi connectivity index (χ0n) is 14.6. The van der Waals surface area contributed by atoms with E-state index in [0.717, 1.165) is 32.5 Å². The minimum Gasteiger partial charge on any atom is -0.480 e. The molecule has 0 atom stereocenters. The Balaban J connectivity index is 2.13. The molecule has 0 unspecified atom stereocenters. The number of thiophene rings is 1. The topological polar surface area (TPSA) is 57.1 Å². The summed E-state index contributed by atoms with van der Waals surface area (Å²) in [6.45, 7) is 9.25. The molecule has 0 radical (unpaired) electrons. The molecule has 4 rings (SSSR count). The van der Waals surface area contributed by atoms with Gasteiger partial charge in [-0.1, -0.05) is 13.8 Å². The van der Waals surface area contributed by atoms with Crippen LogP contribution >= 0.6 is 11.3 Å². The molecule has 0 saturated heterocycles. The molecule has 0 aliphatic carbocycles. The fourth-order valence-corrected chi connectivity index (χ4v) is 4.57. The molecule has 3 aromatic heterocycles. The number of nitrogens with zero attached hydrogens (tertiary/aromatic N) is 3. The average molecular weight is 343 g/mol. The maximum Gasteiger partial charge on any atom is 0.234 e. The van der Waals surface area contributed by atoms with E-state index in [1.807, 2.05) is 0 Å². The van der Waals surface area contributed by atoms with Gasteiger partial charge >= 0.3 is 0 Å². The molecule has 0 amide bonds. The Hall–Kier alpha value is -1.79. The van der Waals surface area contributed by atoms with Crippen molar-refractivity contribution in [3.05, 3.63) is 23.1 Å². The van der Waals surface area contributed by atoms with Crippen LogP contribution < -0.4 is 4.74 Å². The highest BCUT2D eigenvalue weighted by molar-refractivity contribution is 7.25. The van der Waals surface area contributed by atoms with Crippen LogP contribution in [0.4, 0.5) is 0 Å². The van der Waals surface area contributed by atoms with Crippen molar-refractivity contribution in [3.63, 3.8) is 0 Å². The summed E-state index contributed by atoms with van der Waals surface area (Å²) in [6, 6.07) is 0. The summed E-state index contributed by atoms with van der Waals surface area (Å²) >= 11 is 1.62. The second kappa shape index (κ2) is 5.36. The number of methoxy groups -OCH3 is 1. The fourth-order valence-electron chi connectivity index (χ4n) is 3.43. The molecule has 0 fully saturated rings. The van der Waals surface area contributed by atoms with E-state index in [4.69, 9.17) is 14.5 Å². The Labute approximate surface area is 145 Å². The standard InChI is InChI=1S/C18H21N3O2S/c1-9(2)13-11-7-23-18(3,4)6-10(11)12-14-15(24-17(12)21-13)16(22-5)20-8-19-14/h8-9H,6-7H2,1-5H3. The fraction of sp³-hybridized carbons (Fsp3) is 0.500. The highest BCUT2D eigenvalue weighted by atomic mass is 32.1. The summed E-state index contributed by atoms with van der Waals surface area (Å²) in [5.41, 5.74) is 4.45. The van der Waals surface area contributed by atoms with Crippen LogP contribution in [0.3, 0.4) is 0 Å². The largest absolute Gasteiger partial charge is 0.480 e. The van der Waals surface area contributed by atoms with E-state index < -0.39 is 0 Å². The molecule has 4 heterocycles. The Morgan fingerprint density at radius 3 is 2.75 bits per heavy atom. The lowest BCUT2D eigenvalue weighted by molar-refractivity contribution is -0.0402. The first kappa shape index (κ1) is 15.7. The molecule has 5 nitrogen and oxygen atoms in total. The third kappa shape index (κ3) is 2.28. The third-order valence-electron chi connectivity index (χ3n) is 4.57. The number of fused-ring (bicyclic) bond motifs is 5. The molecule has 126 valence electrons. The third-order valence-corrected chi connectivity index (χ3v) is 5.63. The zero-order chi connectivity index (χ0) is 17.1. The van der Waals surface area contributed by atoms with Gasteiger partial charge in [0.05, 0.1) is 30.5 Å². The lowest BCUT2D eigenvalue weighted by atomic mass is 9.87. The Morgan fingerprint density at radius 2 is 2.04 bits per heavy atom. The smallest absolute Gasteiger partial charge is 0.234 e. The molecule has 6 heteroatoms. The number of aromatic nitrogens is 3. The van der Waals surface area contributed by atoms with Crippen LogP contribution in [-0.2, 0) is 17.8 Å². The quantitative estimate of drug-likeness (QED) is 0.697. The van der Waals surface area contributed by atoms with Gasteiger partial charge in [0.2, 0.25) is 5.88 Å². The highest BCUT2D eigenvalue weighted by Crippen LogP contribution is 2.43. The predicted octanol–water partition coefficient (Wildman–Crippen LogP) is 4.22. The van der Waals surface area contributed by atoms with Gasteiger partial charge in [-0.05, 0) is 25.3 Å². The summed E-state index contributed by atoms with van der Waals surface area (Å²) in [5.74, 6) is 0.973. The molecule has 1 aliphatic heterocycles. The van der Waals surface area contributed by atoms with Crippen LogP contribution in [0.1, 0.15) is 50.4 Å². The van der Waals surface area contributed by atoms with E-state index in [2.05, 4.69) is 37.7 Å². The van der Waals surface area contributed by atoms with Gasteiger partial charge in [0.25, 0.3) is 0 Å². The Morgan fingerprint density at radius 1 is 1.25 bits per heavy atom. The molecule has 0 aromatic carbocycles. The van der Waals surface area contributed by atoms with E-state index in [0.29, 0.717) is 18.4 Å². The summed E-state index contributed by atoms with van der Waals surface area (Å²) in [4.78, 5) is 14.8. The monoisotopic (exact) mass is 343 g/mol. The Kier molecular flexibility index (Phi) is 3.51. The molecule has 0 spiro atoms. The van der Waals surface area contributed by atoms with Gasteiger partial charge in [-0.3, -0.25) is 0 Å².